The van der Waals surface area contributed by atoms with E-state index in [1.165, 1.54) is 6.33 Å². The Balaban J connectivity index is 2.22. The Morgan fingerprint density at radius 2 is 2.06 bits per heavy atom. The molecule has 0 bridgehead atoms. The maximum absolute atomic E-state index is 5.83. The number of hydrogen-bond acceptors (Lipinski definition) is 3. The van der Waals surface area contributed by atoms with Crippen LogP contribution in [0.4, 0.5) is 0 Å². The molecule has 3 nitrogen and oxygen atoms in total. The smallest absolute Gasteiger partial charge is 0.153 e. The standard InChI is InChI=1S/C13H9BrN2O/c1-8-3-2-4-9-5-11(17-13(8)9)10-6-12(14)16-7-15-10/h2-7H,1H3. The van der Waals surface area contributed by atoms with Gasteiger partial charge in [-0.25, -0.2) is 9.97 Å². The summed E-state index contributed by atoms with van der Waals surface area (Å²) in [5.74, 6) is 0.761. The summed E-state index contributed by atoms with van der Waals surface area (Å²) in [7, 11) is 0. The Morgan fingerprint density at radius 3 is 2.82 bits per heavy atom. The normalized spacial score (nSPS) is 10.9. The number of nitrogens with zero attached hydrogens (tertiary/aromatic N) is 2. The van der Waals surface area contributed by atoms with Gasteiger partial charge in [-0.1, -0.05) is 18.2 Å². The van der Waals surface area contributed by atoms with Crippen LogP contribution >= 0.6 is 15.9 Å². The average Bonchev–Trinajstić information content (AvgIpc) is 2.74. The zero-order valence-electron chi connectivity index (χ0n) is 9.14. The molecule has 0 unspecified atom stereocenters. The number of aryl methyl sites for hydroxylation is 1. The van der Waals surface area contributed by atoms with Gasteiger partial charge in [-0.05, 0) is 34.5 Å². The molecule has 2 heterocycles. The summed E-state index contributed by atoms with van der Waals surface area (Å²) in [6, 6.07) is 9.92. The number of rotatable bonds is 1. The van der Waals surface area contributed by atoms with Gasteiger partial charge in [0.2, 0.25) is 0 Å². The number of benzene rings is 1. The highest BCUT2D eigenvalue weighted by molar-refractivity contribution is 9.10. The van der Waals surface area contributed by atoms with Crippen LogP contribution in [0.25, 0.3) is 22.4 Å². The molecule has 0 radical (unpaired) electrons. The van der Waals surface area contributed by atoms with Crippen molar-refractivity contribution < 1.29 is 4.42 Å². The minimum Gasteiger partial charge on any atom is -0.454 e. The number of halogens is 1. The maximum atomic E-state index is 5.83. The van der Waals surface area contributed by atoms with E-state index in [0.717, 1.165) is 32.6 Å². The molecule has 0 saturated heterocycles. The first kappa shape index (κ1) is 10.5. The Morgan fingerprint density at radius 1 is 1.18 bits per heavy atom. The Labute approximate surface area is 107 Å². The van der Waals surface area contributed by atoms with Gasteiger partial charge in [-0.2, -0.15) is 0 Å². The van der Waals surface area contributed by atoms with E-state index >= 15 is 0 Å². The van der Waals surface area contributed by atoms with Crippen LogP contribution in [0.2, 0.25) is 0 Å². The molecule has 17 heavy (non-hydrogen) atoms. The molecule has 0 aliphatic rings. The maximum Gasteiger partial charge on any atom is 0.153 e. The van der Waals surface area contributed by atoms with Gasteiger partial charge in [0.05, 0.1) is 0 Å². The Bertz CT molecular complexity index is 691. The van der Waals surface area contributed by atoms with Crippen LogP contribution in [0.5, 0.6) is 0 Å². The number of para-hydroxylation sites is 1. The molecule has 4 heteroatoms. The van der Waals surface area contributed by atoms with Crippen LogP contribution in [-0.4, -0.2) is 9.97 Å². The predicted octanol–water partition coefficient (Wildman–Crippen LogP) is 3.96. The van der Waals surface area contributed by atoms with Crippen molar-refractivity contribution in [3.8, 4) is 11.5 Å². The molecule has 0 aliphatic carbocycles. The third kappa shape index (κ3) is 1.85. The molecule has 0 atom stereocenters. The summed E-state index contributed by atoms with van der Waals surface area (Å²) >= 11 is 3.32. The summed E-state index contributed by atoms with van der Waals surface area (Å²) in [4.78, 5) is 8.20. The molecule has 1 aromatic carbocycles. The second-order valence-corrected chi connectivity index (χ2v) is 4.64. The van der Waals surface area contributed by atoms with Gasteiger partial charge in [-0.3, -0.25) is 0 Å². The van der Waals surface area contributed by atoms with Gasteiger partial charge < -0.3 is 4.42 Å². The zero-order valence-corrected chi connectivity index (χ0v) is 10.7. The van der Waals surface area contributed by atoms with Crippen molar-refractivity contribution in [1.82, 2.24) is 9.97 Å². The van der Waals surface area contributed by atoms with Crippen LogP contribution in [0.15, 0.2) is 45.7 Å². The number of aromatic nitrogens is 2. The molecule has 84 valence electrons. The first-order valence-corrected chi connectivity index (χ1v) is 6.00. The molecule has 0 fully saturated rings. The quantitative estimate of drug-likeness (QED) is 0.636. The topological polar surface area (TPSA) is 38.9 Å². The van der Waals surface area contributed by atoms with Crippen LogP contribution in [0.3, 0.4) is 0 Å². The van der Waals surface area contributed by atoms with E-state index in [4.69, 9.17) is 4.42 Å². The molecule has 0 saturated carbocycles. The van der Waals surface area contributed by atoms with Crippen molar-refractivity contribution in [3.05, 3.63) is 46.8 Å². The minimum atomic E-state index is 0.750. The van der Waals surface area contributed by atoms with Crippen molar-refractivity contribution in [1.29, 1.82) is 0 Å². The molecule has 0 N–H and O–H groups in total. The van der Waals surface area contributed by atoms with Crippen molar-refractivity contribution in [2.75, 3.05) is 0 Å². The lowest BCUT2D eigenvalue weighted by molar-refractivity contribution is 0.625. The SMILES string of the molecule is Cc1cccc2cc(-c3cc(Br)ncn3)oc12. The fourth-order valence-corrected chi connectivity index (χ4v) is 2.11. The van der Waals surface area contributed by atoms with Gasteiger partial charge in [-0.15, -0.1) is 0 Å². The molecule has 3 rings (SSSR count). The summed E-state index contributed by atoms with van der Waals surface area (Å²) < 4.78 is 6.58. The second-order valence-electron chi connectivity index (χ2n) is 3.83. The van der Waals surface area contributed by atoms with E-state index in [0.29, 0.717) is 0 Å². The summed E-state index contributed by atoms with van der Waals surface area (Å²) in [6.07, 6.45) is 1.51. The van der Waals surface area contributed by atoms with Crippen LogP contribution < -0.4 is 0 Å². The monoisotopic (exact) mass is 288 g/mol. The molecular weight excluding hydrogens is 280 g/mol. The third-order valence-electron chi connectivity index (χ3n) is 2.63. The summed E-state index contributed by atoms with van der Waals surface area (Å²) in [6.45, 7) is 2.03. The van der Waals surface area contributed by atoms with E-state index in [9.17, 15) is 0 Å². The summed E-state index contributed by atoms with van der Waals surface area (Å²) in [5, 5.41) is 1.09. The highest BCUT2D eigenvalue weighted by atomic mass is 79.9. The number of furan rings is 1. The molecule has 0 amide bonds. The van der Waals surface area contributed by atoms with Gasteiger partial charge >= 0.3 is 0 Å². The van der Waals surface area contributed by atoms with Gasteiger partial charge in [0.15, 0.2) is 5.76 Å². The number of fused-ring (bicyclic) bond motifs is 1. The average molecular weight is 289 g/mol. The largest absolute Gasteiger partial charge is 0.454 e. The van der Waals surface area contributed by atoms with E-state index in [2.05, 4.69) is 25.9 Å². The third-order valence-corrected chi connectivity index (χ3v) is 3.06. The summed E-state index contributed by atoms with van der Waals surface area (Å²) in [5.41, 5.74) is 2.82. The van der Waals surface area contributed by atoms with E-state index in [-0.39, 0.29) is 0 Å². The molecule has 0 spiro atoms. The lowest BCUT2D eigenvalue weighted by Crippen LogP contribution is -1.83. The van der Waals surface area contributed by atoms with Crippen LogP contribution in [0, 0.1) is 6.92 Å². The predicted molar refractivity (Wildman–Crippen MR) is 69.7 cm³/mol. The zero-order chi connectivity index (χ0) is 11.8. The van der Waals surface area contributed by atoms with Crippen LogP contribution in [-0.2, 0) is 0 Å². The number of hydrogen-bond donors (Lipinski definition) is 0. The fraction of sp³-hybridized carbons (Fsp3) is 0.0769. The van der Waals surface area contributed by atoms with Crippen molar-refractivity contribution in [2.45, 2.75) is 6.92 Å². The highest BCUT2D eigenvalue weighted by Crippen LogP contribution is 2.28. The van der Waals surface area contributed by atoms with Crippen LogP contribution in [0.1, 0.15) is 5.56 Å². The fourth-order valence-electron chi connectivity index (χ4n) is 1.80. The van der Waals surface area contributed by atoms with Gasteiger partial charge in [0, 0.05) is 11.5 Å². The second kappa shape index (κ2) is 3.96. The molecule has 0 aliphatic heterocycles. The van der Waals surface area contributed by atoms with Crippen molar-refractivity contribution >= 4 is 26.9 Å². The van der Waals surface area contributed by atoms with E-state index in [1.54, 1.807) is 0 Å². The van der Waals surface area contributed by atoms with Crippen molar-refractivity contribution in [3.63, 3.8) is 0 Å². The van der Waals surface area contributed by atoms with Gasteiger partial charge in [0.1, 0.15) is 22.2 Å². The van der Waals surface area contributed by atoms with Gasteiger partial charge in [0.25, 0.3) is 0 Å². The highest BCUT2D eigenvalue weighted by Gasteiger charge is 2.09. The van der Waals surface area contributed by atoms with E-state index < -0.39 is 0 Å². The lowest BCUT2D eigenvalue weighted by atomic mass is 10.2. The van der Waals surface area contributed by atoms with Crippen molar-refractivity contribution in [2.24, 2.45) is 0 Å². The Kier molecular flexibility index (Phi) is 2.44. The first-order valence-electron chi connectivity index (χ1n) is 5.21. The first-order chi connectivity index (χ1) is 8.24. The molecule has 3 aromatic rings. The molecule has 2 aromatic heterocycles. The lowest BCUT2D eigenvalue weighted by Gasteiger charge is -1.95. The minimum absolute atomic E-state index is 0.750. The van der Waals surface area contributed by atoms with E-state index in [1.807, 2.05) is 37.3 Å². The Hall–Kier alpha value is -1.68. The molecular formula is C13H9BrN2O.